The SMILES string of the molecule is CC1CC(C)N(C(=O)CC(C)c2c[nH]c3ccc(OC(C)C)c(F)c23)C(CC(C)(C)O)C1. The molecule has 1 amide bonds. The maximum atomic E-state index is 15.3. The number of aromatic amines is 1. The maximum absolute atomic E-state index is 15.3. The molecule has 6 heteroatoms. The summed E-state index contributed by atoms with van der Waals surface area (Å²) in [6, 6.07) is 3.60. The highest BCUT2D eigenvalue weighted by molar-refractivity contribution is 5.87. The summed E-state index contributed by atoms with van der Waals surface area (Å²) in [5.41, 5.74) is 0.656. The van der Waals surface area contributed by atoms with Crippen LogP contribution in [0.5, 0.6) is 5.75 Å². The second-order valence-corrected chi connectivity index (χ2v) is 10.7. The van der Waals surface area contributed by atoms with Crippen LogP contribution in [-0.4, -0.2) is 44.7 Å². The summed E-state index contributed by atoms with van der Waals surface area (Å²) in [6.07, 6.45) is 4.38. The van der Waals surface area contributed by atoms with Crippen molar-refractivity contribution in [3.63, 3.8) is 0 Å². The van der Waals surface area contributed by atoms with Crippen molar-refractivity contribution in [2.75, 3.05) is 0 Å². The molecular formula is C26H39FN2O3. The minimum absolute atomic E-state index is 0.0131. The summed E-state index contributed by atoms with van der Waals surface area (Å²) in [5, 5.41) is 10.9. The highest BCUT2D eigenvalue weighted by Gasteiger charge is 2.37. The third kappa shape index (κ3) is 5.45. The molecule has 2 aromatic rings. The van der Waals surface area contributed by atoms with Crippen LogP contribution in [-0.2, 0) is 4.79 Å². The zero-order valence-corrected chi connectivity index (χ0v) is 20.5. The summed E-state index contributed by atoms with van der Waals surface area (Å²) < 4.78 is 20.9. The van der Waals surface area contributed by atoms with Crippen LogP contribution in [0.25, 0.3) is 10.9 Å². The fraction of sp³-hybridized carbons (Fsp3) is 0.654. The third-order valence-corrected chi connectivity index (χ3v) is 6.46. The monoisotopic (exact) mass is 446 g/mol. The van der Waals surface area contributed by atoms with Gasteiger partial charge in [0.25, 0.3) is 0 Å². The van der Waals surface area contributed by atoms with Gasteiger partial charge in [-0.1, -0.05) is 13.8 Å². The Morgan fingerprint density at radius 3 is 2.59 bits per heavy atom. The van der Waals surface area contributed by atoms with Crippen LogP contribution >= 0.6 is 0 Å². The summed E-state index contributed by atoms with van der Waals surface area (Å²) in [4.78, 5) is 18.6. The fourth-order valence-corrected chi connectivity index (χ4v) is 5.34. The zero-order chi connectivity index (χ0) is 23.8. The Morgan fingerprint density at radius 1 is 1.28 bits per heavy atom. The van der Waals surface area contributed by atoms with Crippen molar-refractivity contribution in [3.8, 4) is 5.75 Å². The van der Waals surface area contributed by atoms with Crippen LogP contribution in [0.2, 0.25) is 0 Å². The van der Waals surface area contributed by atoms with E-state index in [9.17, 15) is 9.90 Å². The predicted octanol–water partition coefficient (Wildman–Crippen LogP) is 5.76. The Bertz CT molecular complexity index is 946. The van der Waals surface area contributed by atoms with Crippen LogP contribution in [0.4, 0.5) is 4.39 Å². The average Bonchev–Trinajstić information content (AvgIpc) is 3.06. The topological polar surface area (TPSA) is 65.6 Å². The fourth-order valence-electron chi connectivity index (χ4n) is 5.34. The molecule has 32 heavy (non-hydrogen) atoms. The van der Waals surface area contributed by atoms with Crippen LogP contribution < -0.4 is 4.74 Å². The zero-order valence-electron chi connectivity index (χ0n) is 20.5. The number of halogens is 1. The van der Waals surface area contributed by atoms with E-state index in [1.165, 1.54) is 0 Å². The van der Waals surface area contributed by atoms with Crippen molar-refractivity contribution in [2.24, 2.45) is 5.92 Å². The number of piperidine rings is 1. The number of amides is 1. The van der Waals surface area contributed by atoms with E-state index >= 15 is 4.39 Å². The molecule has 1 saturated heterocycles. The van der Waals surface area contributed by atoms with Gasteiger partial charge in [-0.2, -0.15) is 0 Å². The first-order valence-corrected chi connectivity index (χ1v) is 11.9. The molecule has 0 bridgehead atoms. The van der Waals surface area contributed by atoms with E-state index in [0.29, 0.717) is 29.7 Å². The summed E-state index contributed by atoms with van der Waals surface area (Å²) >= 11 is 0. The number of hydrogen-bond donors (Lipinski definition) is 2. The molecule has 1 aliphatic rings. The van der Waals surface area contributed by atoms with E-state index in [1.54, 1.807) is 26.1 Å². The normalized spacial score (nSPS) is 23.1. The second kappa shape index (κ2) is 9.42. The number of fused-ring (bicyclic) bond motifs is 1. The Labute approximate surface area is 191 Å². The molecule has 1 aliphatic heterocycles. The minimum Gasteiger partial charge on any atom is -0.488 e. The molecular weight excluding hydrogens is 407 g/mol. The van der Waals surface area contributed by atoms with Gasteiger partial charge in [-0.25, -0.2) is 4.39 Å². The smallest absolute Gasteiger partial charge is 0.223 e. The molecule has 1 aromatic heterocycles. The first-order chi connectivity index (χ1) is 14.9. The average molecular weight is 447 g/mol. The number of carbonyl (C=O) groups excluding carboxylic acids is 1. The molecule has 3 rings (SSSR count). The lowest BCUT2D eigenvalue weighted by Gasteiger charge is -2.45. The predicted molar refractivity (Wildman–Crippen MR) is 126 cm³/mol. The Morgan fingerprint density at radius 2 is 1.97 bits per heavy atom. The van der Waals surface area contributed by atoms with Gasteiger partial charge in [0.2, 0.25) is 5.91 Å². The van der Waals surface area contributed by atoms with Crippen molar-refractivity contribution in [1.82, 2.24) is 9.88 Å². The Kier molecular flexibility index (Phi) is 7.23. The number of nitrogens with one attached hydrogen (secondary N) is 1. The molecule has 1 aromatic carbocycles. The molecule has 178 valence electrons. The lowest BCUT2D eigenvalue weighted by molar-refractivity contribution is -0.140. The number of ether oxygens (including phenoxy) is 1. The van der Waals surface area contributed by atoms with Gasteiger partial charge >= 0.3 is 0 Å². The van der Waals surface area contributed by atoms with E-state index in [-0.39, 0.29) is 41.6 Å². The van der Waals surface area contributed by atoms with Crippen molar-refractivity contribution in [1.29, 1.82) is 0 Å². The van der Waals surface area contributed by atoms with E-state index in [4.69, 9.17) is 4.74 Å². The van der Waals surface area contributed by atoms with Crippen molar-refractivity contribution in [3.05, 3.63) is 29.7 Å². The summed E-state index contributed by atoms with van der Waals surface area (Å²) in [5.74, 6) is 0.272. The molecule has 2 heterocycles. The minimum atomic E-state index is -0.835. The van der Waals surface area contributed by atoms with Gasteiger partial charge in [-0.15, -0.1) is 0 Å². The molecule has 0 radical (unpaired) electrons. The van der Waals surface area contributed by atoms with E-state index in [1.807, 2.05) is 31.7 Å². The van der Waals surface area contributed by atoms with E-state index in [2.05, 4.69) is 18.8 Å². The quantitative estimate of drug-likeness (QED) is 0.568. The number of aromatic nitrogens is 1. The van der Waals surface area contributed by atoms with Gasteiger partial charge in [0.05, 0.1) is 11.7 Å². The van der Waals surface area contributed by atoms with E-state index in [0.717, 1.165) is 18.4 Å². The van der Waals surface area contributed by atoms with Crippen LogP contribution in [0.15, 0.2) is 18.3 Å². The van der Waals surface area contributed by atoms with Gasteiger partial charge in [0.15, 0.2) is 11.6 Å². The summed E-state index contributed by atoms with van der Waals surface area (Å²) in [6.45, 7) is 13.6. The number of nitrogens with zero attached hydrogens (tertiary/aromatic N) is 1. The Hall–Kier alpha value is -2.08. The summed E-state index contributed by atoms with van der Waals surface area (Å²) in [7, 11) is 0. The number of hydrogen-bond acceptors (Lipinski definition) is 3. The number of aliphatic hydroxyl groups is 1. The maximum Gasteiger partial charge on any atom is 0.223 e. The lowest BCUT2D eigenvalue weighted by Crippen LogP contribution is -2.53. The Balaban J connectivity index is 1.85. The molecule has 0 aliphatic carbocycles. The second-order valence-electron chi connectivity index (χ2n) is 10.7. The van der Waals surface area contributed by atoms with Crippen molar-refractivity contribution in [2.45, 2.75) is 104 Å². The number of likely N-dealkylation sites (tertiary alicyclic amines) is 1. The third-order valence-electron chi connectivity index (χ3n) is 6.46. The molecule has 5 nitrogen and oxygen atoms in total. The molecule has 4 unspecified atom stereocenters. The van der Waals surface area contributed by atoms with Crippen LogP contribution in [0, 0.1) is 11.7 Å². The van der Waals surface area contributed by atoms with Gasteiger partial charge < -0.3 is 19.7 Å². The largest absolute Gasteiger partial charge is 0.488 e. The first-order valence-electron chi connectivity index (χ1n) is 11.9. The highest BCUT2D eigenvalue weighted by Crippen LogP contribution is 2.37. The van der Waals surface area contributed by atoms with E-state index < -0.39 is 5.60 Å². The number of benzene rings is 1. The van der Waals surface area contributed by atoms with Crippen molar-refractivity contribution < 1.29 is 19.0 Å². The van der Waals surface area contributed by atoms with Crippen molar-refractivity contribution >= 4 is 16.8 Å². The molecule has 0 spiro atoms. The number of H-pyrrole nitrogens is 1. The van der Waals surface area contributed by atoms with Gasteiger partial charge in [0, 0.05) is 35.6 Å². The van der Waals surface area contributed by atoms with Gasteiger partial charge in [-0.3, -0.25) is 4.79 Å². The molecule has 1 fully saturated rings. The lowest BCUT2D eigenvalue weighted by atomic mass is 9.82. The van der Waals surface area contributed by atoms with Crippen LogP contribution in [0.3, 0.4) is 0 Å². The highest BCUT2D eigenvalue weighted by atomic mass is 19.1. The van der Waals surface area contributed by atoms with Gasteiger partial charge in [0.1, 0.15) is 0 Å². The van der Waals surface area contributed by atoms with Gasteiger partial charge in [-0.05, 0) is 83.4 Å². The molecule has 0 saturated carbocycles. The van der Waals surface area contributed by atoms with Crippen LogP contribution in [0.1, 0.15) is 85.6 Å². The first kappa shape index (κ1) is 24.6. The molecule has 2 N–H and O–H groups in total. The standard InChI is InChI=1S/C26H39FN2O3/c1-15(2)32-22-9-8-21-24(25(22)27)20(14-28-21)17(4)12-23(30)29-18(5)10-16(3)11-19(29)13-26(6,7)31/h8-9,14-19,28,31H,10-13H2,1-7H3. The number of carbonyl (C=O) groups is 1. The molecule has 4 atom stereocenters. The number of rotatable bonds is 7.